The topological polar surface area (TPSA) is 59.1 Å². The zero-order valence-corrected chi connectivity index (χ0v) is 14.9. The summed E-state index contributed by atoms with van der Waals surface area (Å²) in [6.45, 7) is 0. The van der Waals surface area contributed by atoms with Crippen molar-refractivity contribution < 1.29 is 4.74 Å². The molecule has 5 heteroatoms. The van der Waals surface area contributed by atoms with Crippen molar-refractivity contribution in [3.05, 3.63) is 34.3 Å². The van der Waals surface area contributed by atoms with E-state index < -0.39 is 0 Å². The lowest BCUT2D eigenvalue weighted by molar-refractivity contribution is 0.0291. The molecule has 1 aromatic rings. The Morgan fingerprint density at radius 3 is 2.86 bits per heavy atom. The van der Waals surface area contributed by atoms with Crippen molar-refractivity contribution in [1.29, 1.82) is 5.41 Å². The molecule has 118 valence electrons. The molecule has 2 aliphatic rings. The number of ether oxygens (including phenoxy) is 1. The Bertz CT molecular complexity index is 609. The first-order valence-electron chi connectivity index (χ1n) is 7.73. The number of rotatable bonds is 2. The maximum Gasteiger partial charge on any atom is 0.151 e. The van der Waals surface area contributed by atoms with Crippen molar-refractivity contribution in [2.24, 2.45) is 5.73 Å². The van der Waals surface area contributed by atoms with Gasteiger partial charge in [-0.15, -0.1) is 0 Å². The number of hydrogen-bond acceptors (Lipinski definition) is 3. The zero-order valence-electron chi connectivity index (χ0n) is 12.5. The highest BCUT2D eigenvalue weighted by molar-refractivity contribution is 9.10. The maximum atomic E-state index is 7.36. The molecule has 3 nitrogen and oxygen atoms in total. The molecule has 0 radical (unpaired) electrons. The van der Waals surface area contributed by atoms with E-state index in [0.29, 0.717) is 0 Å². The second-order valence-corrected chi connectivity index (χ2v) is 8.05. The van der Waals surface area contributed by atoms with Gasteiger partial charge < -0.3 is 10.5 Å². The fourth-order valence-electron chi connectivity index (χ4n) is 3.44. The van der Waals surface area contributed by atoms with Crippen molar-refractivity contribution in [2.75, 3.05) is 5.75 Å². The third-order valence-electron chi connectivity index (χ3n) is 4.46. The van der Waals surface area contributed by atoms with Crippen LogP contribution in [-0.4, -0.2) is 16.5 Å². The van der Waals surface area contributed by atoms with Crippen molar-refractivity contribution in [3.63, 3.8) is 0 Å². The van der Waals surface area contributed by atoms with Crippen LogP contribution in [-0.2, 0) is 0 Å². The molecule has 0 bridgehead atoms. The summed E-state index contributed by atoms with van der Waals surface area (Å²) in [6.07, 6.45) is 9.28. The third kappa shape index (κ3) is 3.51. The molecule has 1 aromatic carbocycles. The quantitative estimate of drug-likeness (QED) is 0.563. The van der Waals surface area contributed by atoms with Crippen LogP contribution in [0.15, 0.2) is 28.7 Å². The van der Waals surface area contributed by atoms with Crippen LogP contribution in [0.5, 0.6) is 5.75 Å². The predicted molar refractivity (Wildman–Crippen MR) is 97.6 cm³/mol. The molecule has 1 aliphatic carbocycles. The van der Waals surface area contributed by atoms with E-state index in [1.807, 2.05) is 6.07 Å². The van der Waals surface area contributed by atoms with Gasteiger partial charge in [0.2, 0.25) is 0 Å². The Balaban J connectivity index is 1.92. The normalized spacial score (nSPS) is 21.4. The summed E-state index contributed by atoms with van der Waals surface area (Å²) >= 11 is 4.93. The molecule has 3 N–H and O–H groups in total. The largest absolute Gasteiger partial charge is 0.486 e. The molecule has 22 heavy (non-hydrogen) atoms. The fraction of sp³-hybridized carbons (Fsp3) is 0.471. The number of nitrogens with two attached hydrogens (primary N) is 1. The van der Waals surface area contributed by atoms with Gasteiger partial charge in [-0.1, -0.05) is 40.2 Å². The first-order chi connectivity index (χ1) is 10.6. The third-order valence-corrected chi connectivity index (χ3v) is 5.60. The first-order valence-corrected chi connectivity index (χ1v) is 9.51. The number of thioether (sulfide) groups is 1. The van der Waals surface area contributed by atoms with Gasteiger partial charge in [0.15, 0.2) is 5.17 Å². The summed E-state index contributed by atoms with van der Waals surface area (Å²) in [6, 6.07) is 6.25. The van der Waals surface area contributed by atoms with Gasteiger partial charge in [0.25, 0.3) is 0 Å². The summed E-state index contributed by atoms with van der Waals surface area (Å²) in [5, 5.41) is 7.53. The summed E-state index contributed by atoms with van der Waals surface area (Å²) < 4.78 is 7.51. The monoisotopic (exact) mass is 380 g/mol. The second-order valence-electron chi connectivity index (χ2n) is 6.07. The number of halogens is 1. The van der Waals surface area contributed by atoms with Crippen LogP contribution in [0, 0.1) is 5.41 Å². The molecule has 0 saturated heterocycles. The van der Waals surface area contributed by atoms with Crippen molar-refractivity contribution in [1.82, 2.24) is 0 Å². The molecule has 1 fully saturated rings. The van der Waals surface area contributed by atoms with Crippen molar-refractivity contribution >= 4 is 38.4 Å². The van der Waals surface area contributed by atoms with Crippen LogP contribution in [0.3, 0.4) is 0 Å². The molecule has 0 atom stereocenters. The van der Waals surface area contributed by atoms with Gasteiger partial charge in [-0.3, -0.25) is 5.41 Å². The van der Waals surface area contributed by atoms with Crippen LogP contribution in [0.1, 0.15) is 44.1 Å². The first kappa shape index (κ1) is 15.9. The molecule has 1 heterocycles. The molecule has 0 unspecified atom stereocenters. The molecule has 1 saturated carbocycles. The maximum absolute atomic E-state index is 7.36. The van der Waals surface area contributed by atoms with Gasteiger partial charge >= 0.3 is 0 Å². The van der Waals surface area contributed by atoms with Crippen molar-refractivity contribution in [3.8, 4) is 5.75 Å². The van der Waals surface area contributed by atoms with E-state index in [1.54, 1.807) is 0 Å². The highest BCUT2D eigenvalue weighted by Crippen LogP contribution is 2.47. The lowest BCUT2D eigenvalue weighted by atomic mass is 9.77. The Morgan fingerprint density at radius 2 is 2.14 bits per heavy atom. The number of amidine groups is 1. The van der Waals surface area contributed by atoms with Crippen LogP contribution in [0.4, 0.5) is 0 Å². The van der Waals surface area contributed by atoms with E-state index >= 15 is 0 Å². The van der Waals surface area contributed by atoms with Gasteiger partial charge in [-0.2, -0.15) is 0 Å². The number of fused-ring (bicyclic) bond motifs is 1. The average molecular weight is 381 g/mol. The number of nitrogens with one attached hydrogen (secondary N) is 1. The minimum Gasteiger partial charge on any atom is -0.486 e. The van der Waals surface area contributed by atoms with E-state index in [0.717, 1.165) is 35.2 Å². The molecule has 0 aromatic heterocycles. The van der Waals surface area contributed by atoms with E-state index in [2.05, 4.69) is 34.1 Å². The van der Waals surface area contributed by atoms with Crippen LogP contribution in [0.25, 0.3) is 5.57 Å². The lowest BCUT2D eigenvalue weighted by Gasteiger charge is -2.42. The lowest BCUT2D eigenvalue weighted by Crippen LogP contribution is -2.41. The summed E-state index contributed by atoms with van der Waals surface area (Å²) in [5.74, 6) is 1.74. The zero-order chi connectivity index (χ0) is 15.6. The minimum absolute atomic E-state index is 0.0220. The molecule has 1 aliphatic heterocycles. The van der Waals surface area contributed by atoms with Crippen LogP contribution >= 0.6 is 27.7 Å². The highest BCUT2D eigenvalue weighted by atomic mass is 79.9. The minimum atomic E-state index is -0.0220. The number of hydrogen-bond donors (Lipinski definition) is 2. The summed E-state index contributed by atoms with van der Waals surface area (Å²) in [4.78, 5) is 0. The van der Waals surface area contributed by atoms with E-state index in [1.165, 1.54) is 42.2 Å². The average Bonchev–Trinajstić information content (AvgIpc) is 2.48. The Kier molecular flexibility index (Phi) is 4.83. The Labute approximate surface area is 144 Å². The van der Waals surface area contributed by atoms with E-state index in [4.69, 9.17) is 15.9 Å². The van der Waals surface area contributed by atoms with E-state index in [-0.39, 0.29) is 10.8 Å². The van der Waals surface area contributed by atoms with Crippen LogP contribution < -0.4 is 10.5 Å². The van der Waals surface area contributed by atoms with Gasteiger partial charge in [0, 0.05) is 22.2 Å². The van der Waals surface area contributed by atoms with Gasteiger partial charge in [0.1, 0.15) is 11.4 Å². The Morgan fingerprint density at radius 1 is 1.36 bits per heavy atom. The van der Waals surface area contributed by atoms with Crippen molar-refractivity contribution in [2.45, 2.75) is 44.1 Å². The molecule has 3 rings (SSSR count). The van der Waals surface area contributed by atoms with Gasteiger partial charge in [-0.25, -0.2) is 0 Å². The predicted octanol–water partition coefficient (Wildman–Crippen LogP) is 4.94. The van der Waals surface area contributed by atoms with Gasteiger partial charge in [0.05, 0.1) is 0 Å². The highest BCUT2D eigenvalue weighted by Gasteiger charge is 2.39. The van der Waals surface area contributed by atoms with E-state index in [9.17, 15) is 0 Å². The fourth-order valence-corrected chi connectivity index (χ4v) is 4.27. The summed E-state index contributed by atoms with van der Waals surface area (Å²) in [5.41, 5.74) is 7.93. The molecular weight excluding hydrogens is 360 g/mol. The SMILES string of the molecule is N=C(N)SC/C=C1\CC2(CCCCC2)Oc2ccc(Br)cc21. The molecular formula is C17H21BrN2OS. The van der Waals surface area contributed by atoms with Gasteiger partial charge in [-0.05, 0) is 49.5 Å². The Hall–Kier alpha value is -0.940. The van der Waals surface area contributed by atoms with Crippen LogP contribution in [0.2, 0.25) is 0 Å². The molecule has 0 amide bonds. The standard InChI is InChI=1S/C17H21BrN2OS/c18-13-4-5-15-14(10-13)12(6-9-22-16(19)20)11-17(21-15)7-2-1-3-8-17/h4-6,10H,1-3,7-9,11H2,(H3,19,20)/b12-6+. The molecule has 1 spiro atoms. The summed E-state index contributed by atoms with van der Waals surface area (Å²) in [7, 11) is 0. The number of benzene rings is 1. The smallest absolute Gasteiger partial charge is 0.151 e. The second kappa shape index (κ2) is 6.67.